The molecule has 1 atom stereocenters. The maximum atomic E-state index is 12.4. The maximum Gasteiger partial charge on any atom is 0.340 e. The lowest BCUT2D eigenvalue weighted by molar-refractivity contribution is -0.308. The minimum absolute atomic E-state index is 0.204. The zero-order valence-corrected chi connectivity index (χ0v) is 16.3. The van der Waals surface area contributed by atoms with Crippen LogP contribution >= 0.6 is 0 Å². The molecule has 0 saturated carbocycles. The van der Waals surface area contributed by atoms with E-state index in [9.17, 15) is 19.5 Å². The molecule has 0 aliphatic carbocycles. The van der Waals surface area contributed by atoms with Crippen LogP contribution in [0.3, 0.4) is 0 Å². The molecule has 0 unspecified atom stereocenters. The highest BCUT2D eigenvalue weighted by atomic mass is 16.4. The minimum Gasteiger partial charge on any atom is -0.548 e. The SMILES string of the molecule is CCC[C@H](NC(=O)Cc1c(C)c2cc3c(C)c(C)oc3cc2oc1=O)C(=O)[O-]. The van der Waals surface area contributed by atoms with Crippen LogP contribution in [0, 0.1) is 20.8 Å². The summed E-state index contributed by atoms with van der Waals surface area (Å²) in [5, 5.41) is 15.2. The number of fused-ring (bicyclic) bond motifs is 2. The largest absolute Gasteiger partial charge is 0.548 e. The van der Waals surface area contributed by atoms with Gasteiger partial charge in [0.1, 0.15) is 16.9 Å². The van der Waals surface area contributed by atoms with E-state index in [0.717, 1.165) is 16.7 Å². The smallest absolute Gasteiger partial charge is 0.340 e. The van der Waals surface area contributed by atoms with Gasteiger partial charge in [0.05, 0.1) is 24.0 Å². The molecule has 7 nitrogen and oxygen atoms in total. The van der Waals surface area contributed by atoms with Gasteiger partial charge in [-0.1, -0.05) is 13.3 Å². The van der Waals surface area contributed by atoms with Crippen LogP contribution in [0.1, 0.15) is 42.2 Å². The predicted octanol–water partition coefficient (Wildman–Crippen LogP) is 2.04. The molecule has 3 rings (SSSR count). The fourth-order valence-electron chi connectivity index (χ4n) is 3.37. The van der Waals surface area contributed by atoms with Crippen molar-refractivity contribution in [3.8, 4) is 0 Å². The van der Waals surface area contributed by atoms with Gasteiger partial charge in [0, 0.05) is 16.8 Å². The van der Waals surface area contributed by atoms with E-state index in [1.165, 1.54) is 0 Å². The number of carbonyl (C=O) groups is 2. The van der Waals surface area contributed by atoms with Gasteiger partial charge >= 0.3 is 5.63 Å². The molecule has 0 aliphatic rings. The molecule has 1 amide bonds. The van der Waals surface area contributed by atoms with E-state index in [1.54, 1.807) is 13.0 Å². The molecule has 0 aliphatic heterocycles. The molecule has 0 fully saturated rings. The van der Waals surface area contributed by atoms with Crippen molar-refractivity contribution in [2.75, 3.05) is 0 Å². The molecule has 2 aromatic heterocycles. The first-order valence-corrected chi connectivity index (χ1v) is 9.19. The summed E-state index contributed by atoms with van der Waals surface area (Å²) in [5.74, 6) is -1.12. The Hall–Kier alpha value is -3.09. The first-order valence-electron chi connectivity index (χ1n) is 9.19. The van der Waals surface area contributed by atoms with E-state index in [4.69, 9.17) is 8.83 Å². The van der Waals surface area contributed by atoms with Crippen molar-refractivity contribution < 1.29 is 23.5 Å². The molecule has 1 N–H and O–H groups in total. The molecular weight excluding hydrogens is 362 g/mol. The normalized spacial score (nSPS) is 12.4. The molecule has 28 heavy (non-hydrogen) atoms. The van der Waals surface area contributed by atoms with Crippen molar-refractivity contribution in [1.82, 2.24) is 5.32 Å². The number of nitrogens with one attached hydrogen (secondary N) is 1. The molecule has 3 aromatic rings. The second kappa shape index (κ2) is 7.50. The zero-order chi connectivity index (χ0) is 20.6. The number of amides is 1. The lowest BCUT2D eigenvalue weighted by Gasteiger charge is -2.19. The van der Waals surface area contributed by atoms with Crippen molar-refractivity contribution in [3.05, 3.63) is 45.0 Å². The third-order valence-corrected chi connectivity index (χ3v) is 5.12. The number of rotatable bonds is 6. The summed E-state index contributed by atoms with van der Waals surface area (Å²) in [6.07, 6.45) is 0.574. The van der Waals surface area contributed by atoms with Gasteiger partial charge in [-0.25, -0.2) is 4.79 Å². The van der Waals surface area contributed by atoms with E-state index in [2.05, 4.69) is 5.32 Å². The van der Waals surface area contributed by atoms with Crippen molar-refractivity contribution in [2.24, 2.45) is 0 Å². The minimum atomic E-state index is -1.34. The van der Waals surface area contributed by atoms with E-state index in [-0.39, 0.29) is 18.4 Å². The summed E-state index contributed by atoms with van der Waals surface area (Å²) in [6.45, 7) is 7.37. The number of benzene rings is 1. The van der Waals surface area contributed by atoms with Crippen molar-refractivity contribution >= 4 is 33.8 Å². The number of carboxylic acids is 1. The van der Waals surface area contributed by atoms with Gasteiger partial charge in [0.25, 0.3) is 0 Å². The average molecular weight is 384 g/mol. The van der Waals surface area contributed by atoms with Crippen LogP contribution in [-0.2, 0) is 16.0 Å². The van der Waals surface area contributed by atoms with Crippen LogP contribution in [0.15, 0.2) is 25.8 Å². The molecular formula is C21H22NO6-. The van der Waals surface area contributed by atoms with Gasteiger partial charge in [-0.15, -0.1) is 0 Å². The Kier molecular flexibility index (Phi) is 5.27. The maximum absolute atomic E-state index is 12.4. The Balaban J connectivity index is 2.00. The van der Waals surface area contributed by atoms with Crippen molar-refractivity contribution in [2.45, 2.75) is 53.0 Å². The first-order chi connectivity index (χ1) is 13.2. The Bertz CT molecular complexity index is 1140. The van der Waals surface area contributed by atoms with E-state index in [0.29, 0.717) is 28.5 Å². The third-order valence-electron chi connectivity index (χ3n) is 5.12. The van der Waals surface area contributed by atoms with Gasteiger partial charge in [-0.2, -0.15) is 0 Å². The lowest BCUT2D eigenvalue weighted by Crippen LogP contribution is -2.48. The first kappa shape index (κ1) is 19.7. The summed E-state index contributed by atoms with van der Waals surface area (Å²) in [6, 6.07) is 2.48. The fourth-order valence-corrected chi connectivity index (χ4v) is 3.37. The second-order valence-electron chi connectivity index (χ2n) is 7.03. The molecule has 0 bridgehead atoms. The van der Waals surface area contributed by atoms with Crippen LogP contribution in [0.4, 0.5) is 0 Å². The van der Waals surface area contributed by atoms with Gasteiger partial charge in [-0.3, -0.25) is 4.79 Å². The summed E-state index contributed by atoms with van der Waals surface area (Å²) < 4.78 is 11.1. The summed E-state index contributed by atoms with van der Waals surface area (Å²) >= 11 is 0. The lowest BCUT2D eigenvalue weighted by atomic mass is 10.0. The average Bonchev–Trinajstić information content (AvgIpc) is 2.90. The Morgan fingerprint density at radius 2 is 1.71 bits per heavy atom. The quantitative estimate of drug-likeness (QED) is 0.651. The molecule has 0 saturated heterocycles. The monoisotopic (exact) mass is 384 g/mol. The predicted molar refractivity (Wildman–Crippen MR) is 102 cm³/mol. The highest BCUT2D eigenvalue weighted by molar-refractivity contribution is 5.97. The molecule has 0 spiro atoms. The summed E-state index contributed by atoms with van der Waals surface area (Å²) in [4.78, 5) is 35.9. The third kappa shape index (κ3) is 3.52. The number of carboxylic acid groups (broad SMARTS) is 1. The molecule has 7 heteroatoms. The van der Waals surface area contributed by atoms with E-state index < -0.39 is 23.5 Å². The van der Waals surface area contributed by atoms with Gasteiger partial charge < -0.3 is 24.1 Å². The zero-order valence-electron chi connectivity index (χ0n) is 16.3. The molecule has 2 heterocycles. The van der Waals surface area contributed by atoms with Gasteiger partial charge in [-0.05, 0) is 44.4 Å². The number of aryl methyl sites for hydroxylation is 3. The topological polar surface area (TPSA) is 113 Å². The Morgan fingerprint density at radius 1 is 1.07 bits per heavy atom. The van der Waals surface area contributed by atoms with Gasteiger partial charge in [0.2, 0.25) is 5.91 Å². The molecule has 148 valence electrons. The van der Waals surface area contributed by atoms with Crippen LogP contribution < -0.4 is 16.0 Å². The number of hydrogen-bond acceptors (Lipinski definition) is 6. The van der Waals surface area contributed by atoms with Crippen molar-refractivity contribution in [1.29, 1.82) is 0 Å². The highest BCUT2D eigenvalue weighted by Crippen LogP contribution is 2.30. The fraction of sp³-hybridized carbons (Fsp3) is 0.381. The number of aliphatic carboxylic acids is 1. The Morgan fingerprint density at radius 3 is 2.36 bits per heavy atom. The van der Waals surface area contributed by atoms with Crippen LogP contribution in [0.25, 0.3) is 21.9 Å². The Labute approximate surface area is 161 Å². The summed E-state index contributed by atoms with van der Waals surface area (Å²) in [5.41, 5.74) is 2.22. The number of hydrogen-bond donors (Lipinski definition) is 1. The highest BCUT2D eigenvalue weighted by Gasteiger charge is 2.19. The van der Waals surface area contributed by atoms with Gasteiger partial charge in [0.15, 0.2) is 0 Å². The van der Waals surface area contributed by atoms with Crippen molar-refractivity contribution in [3.63, 3.8) is 0 Å². The number of carbonyl (C=O) groups excluding carboxylic acids is 2. The second-order valence-corrected chi connectivity index (χ2v) is 7.03. The van der Waals surface area contributed by atoms with Crippen LogP contribution in [0.2, 0.25) is 0 Å². The molecule has 1 aromatic carbocycles. The van der Waals surface area contributed by atoms with Crippen LogP contribution in [-0.4, -0.2) is 17.9 Å². The van der Waals surface area contributed by atoms with E-state index >= 15 is 0 Å². The molecule has 0 radical (unpaired) electrons. The standard InChI is InChI=1S/C21H23NO6/c1-5-6-16(20(24)25)22-19(23)8-15-11(3)14-7-13-10(2)12(4)27-17(13)9-18(14)28-21(15)26/h7,9,16H,5-6,8H2,1-4H3,(H,22,23)(H,24,25)/p-1/t16-/m0/s1. The van der Waals surface area contributed by atoms with Crippen LogP contribution in [0.5, 0.6) is 0 Å². The number of furan rings is 1. The van der Waals surface area contributed by atoms with E-state index in [1.807, 2.05) is 26.8 Å². The summed E-state index contributed by atoms with van der Waals surface area (Å²) in [7, 11) is 0.